The SMILES string of the molecule is CC.CNC(=O)/C(=N/OC)c1cccc(C)c1CO/N=C/c1ccccc1C. The Morgan fingerprint density at radius 1 is 1.07 bits per heavy atom. The minimum atomic E-state index is -0.331. The van der Waals surface area contributed by atoms with E-state index in [-0.39, 0.29) is 18.2 Å². The van der Waals surface area contributed by atoms with Crippen LogP contribution in [0.4, 0.5) is 0 Å². The number of hydrogen-bond acceptors (Lipinski definition) is 5. The Bertz CT molecular complexity index is 830. The molecular weight excluding hydrogens is 354 g/mol. The van der Waals surface area contributed by atoms with Gasteiger partial charge in [0.1, 0.15) is 13.7 Å². The molecule has 0 aliphatic heterocycles. The van der Waals surface area contributed by atoms with Crippen molar-refractivity contribution in [1.29, 1.82) is 0 Å². The highest BCUT2D eigenvalue weighted by molar-refractivity contribution is 6.45. The van der Waals surface area contributed by atoms with Crippen molar-refractivity contribution in [3.8, 4) is 0 Å². The lowest BCUT2D eigenvalue weighted by Gasteiger charge is -2.12. The molecule has 0 spiro atoms. The minimum Gasteiger partial charge on any atom is -0.398 e. The lowest BCUT2D eigenvalue weighted by Crippen LogP contribution is -2.29. The van der Waals surface area contributed by atoms with Gasteiger partial charge in [0.05, 0.1) is 6.21 Å². The van der Waals surface area contributed by atoms with Crippen LogP contribution in [0.3, 0.4) is 0 Å². The molecule has 0 aliphatic carbocycles. The number of carbonyl (C=O) groups is 1. The van der Waals surface area contributed by atoms with Crippen LogP contribution < -0.4 is 5.32 Å². The van der Waals surface area contributed by atoms with E-state index >= 15 is 0 Å². The van der Waals surface area contributed by atoms with Gasteiger partial charge in [-0.2, -0.15) is 0 Å². The van der Waals surface area contributed by atoms with Gasteiger partial charge in [-0.15, -0.1) is 0 Å². The van der Waals surface area contributed by atoms with E-state index in [2.05, 4.69) is 15.6 Å². The van der Waals surface area contributed by atoms with Gasteiger partial charge in [0.2, 0.25) is 0 Å². The van der Waals surface area contributed by atoms with Crippen LogP contribution in [-0.4, -0.2) is 32.0 Å². The van der Waals surface area contributed by atoms with E-state index in [0.717, 1.165) is 22.3 Å². The summed E-state index contributed by atoms with van der Waals surface area (Å²) < 4.78 is 0. The summed E-state index contributed by atoms with van der Waals surface area (Å²) in [6.07, 6.45) is 1.68. The maximum atomic E-state index is 12.1. The second-order valence-corrected chi connectivity index (χ2v) is 5.67. The van der Waals surface area contributed by atoms with Gasteiger partial charge in [-0.05, 0) is 30.5 Å². The number of oxime groups is 2. The third kappa shape index (κ3) is 6.23. The average molecular weight is 383 g/mol. The Morgan fingerprint density at radius 3 is 2.39 bits per heavy atom. The smallest absolute Gasteiger partial charge is 0.273 e. The molecule has 0 heterocycles. The van der Waals surface area contributed by atoms with E-state index < -0.39 is 0 Å². The van der Waals surface area contributed by atoms with Gasteiger partial charge in [-0.3, -0.25) is 4.79 Å². The summed E-state index contributed by atoms with van der Waals surface area (Å²) in [7, 11) is 2.95. The average Bonchev–Trinajstić information content (AvgIpc) is 2.72. The van der Waals surface area contributed by atoms with E-state index in [4.69, 9.17) is 9.68 Å². The number of carbonyl (C=O) groups excluding carboxylic acids is 1. The zero-order chi connectivity index (χ0) is 20.9. The zero-order valence-corrected chi connectivity index (χ0v) is 17.4. The first-order chi connectivity index (χ1) is 13.6. The lowest BCUT2D eigenvalue weighted by atomic mass is 9.98. The van der Waals surface area contributed by atoms with Crippen LogP contribution in [0.1, 0.15) is 41.7 Å². The van der Waals surface area contributed by atoms with Crippen molar-refractivity contribution in [2.75, 3.05) is 14.2 Å². The van der Waals surface area contributed by atoms with Gasteiger partial charge in [0, 0.05) is 18.2 Å². The number of nitrogens with one attached hydrogen (secondary N) is 1. The molecule has 2 rings (SSSR count). The van der Waals surface area contributed by atoms with Crippen LogP contribution in [-0.2, 0) is 21.1 Å². The Balaban J connectivity index is 0.00000190. The minimum absolute atomic E-state index is 0.195. The molecule has 28 heavy (non-hydrogen) atoms. The third-order valence-electron chi connectivity index (χ3n) is 3.95. The molecule has 2 aromatic carbocycles. The number of rotatable bonds is 7. The molecule has 6 heteroatoms. The van der Waals surface area contributed by atoms with E-state index in [0.29, 0.717) is 5.56 Å². The molecule has 0 unspecified atom stereocenters. The Morgan fingerprint density at radius 2 is 1.75 bits per heavy atom. The molecule has 0 atom stereocenters. The van der Waals surface area contributed by atoms with Gasteiger partial charge in [0.25, 0.3) is 5.91 Å². The molecule has 0 saturated heterocycles. The summed E-state index contributed by atoms with van der Waals surface area (Å²) in [4.78, 5) is 22.4. The first-order valence-electron chi connectivity index (χ1n) is 9.21. The maximum absolute atomic E-state index is 12.1. The molecule has 1 amide bonds. The van der Waals surface area contributed by atoms with Crippen molar-refractivity contribution in [2.45, 2.75) is 34.3 Å². The van der Waals surface area contributed by atoms with Crippen molar-refractivity contribution in [2.24, 2.45) is 10.3 Å². The molecule has 2 aromatic rings. The van der Waals surface area contributed by atoms with Gasteiger partial charge in [-0.1, -0.05) is 66.6 Å². The van der Waals surface area contributed by atoms with E-state index in [1.54, 1.807) is 13.3 Å². The van der Waals surface area contributed by atoms with Crippen LogP contribution in [0.5, 0.6) is 0 Å². The number of likely N-dealkylation sites (N-methyl/N-ethyl adjacent to an activating group) is 1. The molecule has 0 bridgehead atoms. The fourth-order valence-corrected chi connectivity index (χ4v) is 2.47. The number of aryl methyl sites for hydroxylation is 2. The first kappa shape index (κ1) is 22.9. The van der Waals surface area contributed by atoms with Crippen LogP contribution in [0.15, 0.2) is 52.8 Å². The Labute approximate surface area is 167 Å². The highest BCUT2D eigenvalue weighted by Gasteiger charge is 2.19. The van der Waals surface area contributed by atoms with Crippen LogP contribution in [0, 0.1) is 13.8 Å². The monoisotopic (exact) mass is 383 g/mol. The van der Waals surface area contributed by atoms with E-state index in [9.17, 15) is 4.79 Å². The molecule has 150 valence electrons. The molecule has 0 aromatic heterocycles. The zero-order valence-electron chi connectivity index (χ0n) is 17.4. The first-order valence-corrected chi connectivity index (χ1v) is 9.21. The summed E-state index contributed by atoms with van der Waals surface area (Å²) >= 11 is 0. The topological polar surface area (TPSA) is 72.3 Å². The highest BCUT2D eigenvalue weighted by atomic mass is 16.6. The fourth-order valence-electron chi connectivity index (χ4n) is 2.47. The summed E-state index contributed by atoms with van der Waals surface area (Å²) in [6, 6.07) is 13.5. The lowest BCUT2D eigenvalue weighted by molar-refractivity contribution is -0.114. The summed E-state index contributed by atoms with van der Waals surface area (Å²) in [6.45, 7) is 8.17. The van der Waals surface area contributed by atoms with Crippen LogP contribution >= 0.6 is 0 Å². The predicted molar refractivity (Wildman–Crippen MR) is 114 cm³/mol. The summed E-state index contributed by atoms with van der Waals surface area (Å²) in [5.74, 6) is -0.331. The van der Waals surface area contributed by atoms with Gasteiger partial charge >= 0.3 is 0 Å². The van der Waals surface area contributed by atoms with Crippen molar-refractivity contribution < 1.29 is 14.5 Å². The van der Waals surface area contributed by atoms with Gasteiger partial charge in [-0.25, -0.2) is 0 Å². The van der Waals surface area contributed by atoms with Crippen molar-refractivity contribution >= 4 is 17.8 Å². The Kier molecular flexibility index (Phi) is 10.0. The molecular formula is C22H29N3O3. The van der Waals surface area contributed by atoms with Crippen LogP contribution in [0.25, 0.3) is 0 Å². The molecule has 1 N–H and O–H groups in total. The van der Waals surface area contributed by atoms with Crippen LogP contribution in [0.2, 0.25) is 0 Å². The van der Waals surface area contributed by atoms with Crippen molar-refractivity contribution in [3.63, 3.8) is 0 Å². The van der Waals surface area contributed by atoms with Crippen molar-refractivity contribution in [3.05, 3.63) is 70.3 Å². The Hall–Kier alpha value is -3.15. The molecule has 0 aliphatic rings. The highest BCUT2D eigenvalue weighted by Crippen LogP contribution is 2.17. The summed E-state index contributed by atoms with van der Waals surface area (Å²) in [5, 5.41) is 10.5. The quantitative estimate of drug-likeness (QED) is 0.581. The molecule has 0 saturated carbocycles. The molecule has 6 nitrogen and oxygen atoms in total. The number of nitrogens with zero attached hydrogens (tertiary/aromatic N) is 2. The van der Waals surface area contributed by atoms with E-state index in [1.807, 2.05) is 70.2 Å². The number of hydrogen-bond donors (Lipinski definition) is 1. The third-order valence-corrected chi connectivity index (χ3v) is 3.95. The normalized spacial score (nSPS) is 10.9. The number of benzene rings is 2. The van der Waals surface area contributed by atoms with Gasteiger partial charge in [0.15, 0.2) is 5.71 Å². The summed E-state index contributed by atoms with van der Waals surface area (Å²) in [5.41, 5.74) is 4.75. The standard InChI is InChI=1S/C20H23N3O3.C2H6/c1-14-8-5-6-10-16(14)12-22-26-13-18-15(2)9-7-11-17(18)19(23-25-4)20(24)21-3;1-2/h5-12H,13H2,1-4H3,(H,21,24);1-2H3/b22-12+,23-19+;. The molecule has 0 fully saturated rings. The fraction of sp³-hybridized carbons (Fsp3) is 0.318. The number of amides is 1. The van der Waals surface area contributed by atoms with E-state index in [1.165, 1.54) is 7.11 Å². The molecule has 0 radical (unpaired) electrons. The van der Waals surface area contributed by atoms with Gasteiger partial charge < -0.3 is 15.0 Å². The largest absolute Gasteiger partial charge is 0.398 e. The maximum Gasteiger partial charge on any atom is 0.273 e. The van der Waals surface area contributed by atoms with Crippen molar-refractivity contribution in [1.82, 2.24) is 5.32 Å². The predicted octanol–water partition coefficient (Wildman–Crippen LogP) is 3.98. The second-order valence-electron chi connectivity index (χ2n) is 5.67. The second kappa shape index (κ2) is 12.3.